The van der Waals surface area contributed by atoms with Crippen LogP contribution in [0.1, 0.15) is 37.4 Å². The first-order valence-electron chi connectivity index (χ1n) is 12.7. The third kappa shape index (κ3) is 4.43. The minimum absolute atomic E-state index is 0.0265. The zero-order valence-corrected chi connectivity index (χ0v) is 22.0. The molecular formula is C32H20F6N2O2. The second-order valence-corrected chi connectivity index (χ2v) is 10.1. The molecule has 0 aromatic heterocycles. The molecule has 0 saturated carbocycles. The van der Waals surface area contributed by atoms with Crippen LogP contribution in [0.15, 0.2) is 78.9 Å². The summed E-state index contributed by atoms with van der Waals surface area (Å²) in [6.07, 6.45) is -10.0. The summed E-state index contributed by atoms with van der Waals surface area (Å²) in [5.41, 5.74) is -3.34. The number of carbonyl (C=O) groups is 2. The predicted octanol–water partition coefficient (Wildman–Crippen LogP) is 8.85. The number of carbonyl (C=O) groups excluding carboxylic acids is 2. The third-order valence-electron chi connectivity index (χ3n) is 7.43. The minimum atomic E-state index is -5.10. The van der Waals surface area contributed by atoms with Crippen LogP contribution in [0.3, 0.4) is 0 Å². The Morgan fingerprint density at radius 3 is 1.67 bits per heavy atom. The van der Waals surface area contributed by atoms with E-state index in [4.69, 9.17) is 0 Å². The van der Waals surface area contributed by atoms with Crippen LogP contribution in [-0.2, 0) is 12.4 Å². The van der Waals surface area contributed by atoms with Gasteiger partial charge in [-0.05, 0) is 88.1 Å². The number of amides is 2. The Labute approximate surface area is 235 Å². The lowest BCUT2D eigenvalue weighted by Crippen LogP contribution is -2.29. The average molecular weight is 579 g/mol. The van der Waals surface area contributed by atoms with Crippen LogP contribution in [0.5, 0.6) is 0 Å². The summed E-state index contributed by atoms with van der Waals surface area (Å²) in [5.74, 6) is -1.65. The van der Waals surface area contributed by atoms with Gasteiger partial charge in [0.2, 0.25) is 0 Å². The van der Waals surface area contributed by atoms with E-state index in [1.165, 1.54) is 25.2 Å². The van der Waals surface area contributed by atoms with Gasteiger partial charge in [0, 0.05) is 12.7 Å². The lowest BCUT2D eigenvalue weighted by molar-refractivity contribution is -0.139. The van der Waals surface area contributed by atoms with Gasteiger partial charge in [0.25, 0.3) is 11.8 Å². The van der Waals surface area contributed by atoms with Gasteiger partial charge >= 0.3 is 12.4 Å². The van der Waals surface area contributed by atoms with Crippen molar-refractivity contribution in [2.24, 2.45) is 0 Å². The van der Waals surface area contributed by atoms with Crippen molar-refractivity contribution in [3.05, 3.63) is 107 Å². The van der Waals surface area contributed by atoms with Gasteiger partial charge in [-0.1, -0.05) is 35.9 Å². The minimum Gasteiger partial charge on any atom is -0.388 e. The molecule has 0 saturated heterocycles. The van der Waals surface area contributed by atoms with Crippen LogP contribution >= 0.6 is 0 Å². The molecule has 0 bridgehead atoms. The molecule has 5 aromatic rings. The Morgan fingerprint density at radius 1 is 0.571 bits per heavy atom. The molecule has 0 fully saturated rings. The first-order chi connectivity index (χ1) is 19.8. The van der Waals surface area contributed by atoms with Gasteiger partial charge in [-0.25, -0.2) is 4.90 Å². The standard InChI is InChI=1S/C32H20F6N2O2/c1-16-3-4-17-10-19-12-25-26(13-20(19)11-18(17)9-16)30(42)40(29(25)41)22-6-8-24(28(15-22)32(36,37)38)23-7-5-21(39-2)14-27(23)31(33,34)35/h3-15,39H,1-2H3. The van der Waals surface area contributed by atoms with E-state index in [1.807, 2.05) is 37.3 Å². The van der Waals surface area contributed by atoms with Crippen LogP contribution < -0.4 is 10.2 Å². The number of aryl methyl sites for hydroxylation is 1. The number of anilines is 2. The van der Waals surface area contributed by atoms with E-state index in [1.54, 1.807) is 0 Å². The van der Waals surface area contributed by atoms with Gasteiger partial charge in [0.15, 0.2) is 0 Å². The van der Waals surface area contributed by atoms with Crippen LogP contribution in [0.2, 0.25) is 0 Å². The van der Waals surface area contributed by atoms with E-state index in [0.29, 0.717) is 21.7 Å². The molecule has 1 heterocycles. The van der Waals surface area contributed by atoms with Crippen molar-refractivity contribution < 1.29 is 35.9 Å². The van der Waals surface area contributed by atoms with Gasteiger partial charge in [0.1, 0.15) is 0 Å². The van der Waals surface area contributed by atoms with Crippen molar-refractivity contribution in [1.82, 2.24) is 0 Å². The zero-order chi connectivity index (χ0) is 30.1. The van der Waals surface area contributed by atoms with E-state index in [2.05, 4.69) is 5.32 Å². The number of imide groups is 1. The zero-order valence-electron chi connectivity index (χ0n) is 22.0. The van der Waals surface area contributed by atoms with Crippen molar-refractivity contribution >= 4 is 44.7 Å². The van der Waals surface area contributed by atoms with Crippen molar-refractivity contribution in [2.75, 3.05) is 17.3 Å². The van der Waals surface area contributed by atoms with Crippen LogP contribution in [0.25, 0.3) is 32.7 Å². The van der Waals surface area contributed by atoms with Crippen molar-refractivity contribution in [3.8, 4) is 11.1 Å². The van der Waals surface area contributed by atoms with Crippen LogP contribution in [0, 0.1) is 6.92 Å². The van der Waals surface area contributed by atoms with Crippen molar-refractivity contribution in [1.29, 1.82) is 0 Å². The summed E-state index contributed by atoms with van der Waals surface area (Å²) >= 11 is 0. The Balaban J connectivity index is 1.48. The van der Waals surface area contributed by atoms with Gasteiger partial charge in [-0.15, -0.1) is 0 Å². The lowest BCUT2D eigenvalue weighted by Gasteiger charge is -2.21. The lowest BCUT2D eigenvalue weighted by atomic mass is 9.93. The summed E-state index contributed by atoms with van der Waals surface area (Å²) in [7, 11) is 1.39. The van der Waals surface area contributed by atoms with E-state index in [9.17, 15) is 35.9 Å². The molecule has 0 atom stereocenters. The van der Waals surface area contributed by atoms with Gasteiger partial charge < -0.3 is 5.32 Å². The fourth-order valence-corrected chi connectivity index (χ4v) is 5.40. The fourth-order valence-electron chi connectivity index (χ4n) is 5.40. The number of halogens is 6. The number of hydrogen-bond donors (Lipinski definition) is 1. The van der Waals surface area contributed by atoms with Gasteiger partial charge in [-0.3, -0.25) is 9.59 Å². The molecular weight excluding hydrogens is 558 g/mol. The number of hydrogen-bond acceptors (Lipinski definition) is 3. The van der Waals surface area contributed by atoms with Crippen LogP contribution in [-0.4, -0.2) is 18.9 Å². The number of fused-ring (bicyclic) bond motifs is 3. The summed E-state index contributed by atoms with van der Waals surface area (Å²) < 4.78 is 84.6. The molecule has 5 aromatic carbocycles. The molecule has 2 amide bonds. The van der Waals surface area contributed by atoms with E-state index in [0.717, 1.165) is 40.6 Å². The van der Waals surface area contributed by atoms with Gasteiger partial charge in [-0.2, -0.15) is 26.3 Å². The topological polar surface area (TPSA) is 49.4 Å². The molecule has 0 aliphatic carbocycles. The third-order valence-corrected chi connectivity index (χ3v) is 7.43. The molecule has 6 rings (SSSR count). The molecule has 1 aliphatic rings. The monoisotopic (exact) mass is 578 g/mol. The summed E-state index contributed by atoms with van der Waals surface area (Å²) in [6.45, 7) is 1.94. The fraction of sp³-hybridized carbons (Fsp3) is 0.125. The molecule has 1 N–H and O–H groups in total. The highest BCUT2D eigenvalue weighted by molar-refractivity contribution is 6.35. The first-order valence-corrected chi connectivity index (χ1v) is 12.7. The Morgan fingerprint density at radius 2 is 1.10 bits per heavy atom. The Hall–Kier alpha value is -4.86. The summed E-state index contributed by atoms with van der Waals surface area (Å²) in [5, 5.41) is 5.72. The highest BCUT2D eigenvalue weighted by atomic mass is 19.4. The SMILES string of the molecule is CNc1ccc(-c2ccc(N3C(=O)c4cc5cc6ccc(C)cc6cc5cc4C3=O)cc2C(F)(F)F)c(C(F)(F)F)c1. The maximum absolute atomic E-state index is 14.3. The normalized spacial score (nSPS) is 13.8. The van der Waals surface area contributed by atoms with E-state index in [-0.39, 0.29) is 16.8 Å². The summed E-state index contributed by atoms with van der Waals surface area (Å²) in [4.78, 5) is 27.4. The highest BCUT2D eigenvalue weighted by Gasteiger charge is 2.41. The number of rotatable bonds is 3. The first kappa shape index (κ1) is 27.3. The number of nitrogens with one attached hydrogen (secondary N) is 1. The maximum atomic E-state index is 14.3. The maximum Gasteiger partial charge on any atom is 0.417 e. The van der Waals surface area contributed by atoms with E-state index < -0.39 is 52.1 Å². The average Bonchev–Trinajstić information content (AvgIpc) is 3.17. The molecule has 0 spiro atoms. The largest absolute Gasteiger partial charge is 0.417 e. The second-order valence-electron chi connectivity index (χ2n) is 10.1. The van der Waals surface area contributed by atoms with Gasteiger partial charge in [0.05, 0.1) is 27.9 Å². The molecule has 1 aliphatic heterocycles. The molecule has 212 valence electrons. The highest BCUT2D eigenvalue weighted by Crippen LogP contribution is 2.45. The molecule has 42 heavy (non-hydrogen) atoms. The molecule has 0 radical (unpaired) electrons. The molecule has 10 heteroatoms. The van der Waals surface area contributed by atoms with Crippen molar-refractivity contribution in [3.63, 3.8) is 0 Å². The molecule has 4 nitrogen and oxygen atoms in total. The predicted molar refractivity (Wildman–Crippen MR) is 149 cm³/mol. The number of nitrogens with zero attached hydrogens (tertiary/aromatic N) is 1. The number of benzene rings is 5. The quantitative estimate of drug-likeness (QED) is 0.132. The van der Waals surface area contributed by atoms with Crippen molar-refractivity contribution in [2.45, 2.75) is 19.3 Å². The second kappa shape index (κ2) is 9.34. The van der Waals surface area contributed by atoms with Crippen LogP contribution in [0.4, 0.5) is 37.7 Å². The Kier molecular flexibility index (Phi) is 6.07. The van der Waals surface area contributed by atoms with E-state index >= 15 is 0 Å². The number of alkyl halides is 6. The summed E-state index contributed by atoms with van der Waals surface area (Å²) in [6, 6.07) is 18.0. The molecule has 0 unspecified atom stereocenters. The Bertz CT molecular complexity index is 1960. The smallest absolute Gasteiger partial charge is 0.388 e.